The molecule has 1 atom stereocenters. The summed E-state index contributed by atoms with van der Waals surface area (Å²) in [5, 5.41) is 0.408. The number of aromatic amines is 1. The maximum Gasteiger partial charge on any atom is 0.329 e. The van der Waals surface area contributed by atoms with Gasteiger partial charge in [-0.2, -0.15) is 11.8 Å². The number of thioether (sulfide) groups is 1. The molecule has 134 valence electrons. The van der Waals surface area contributed by atoms with Gasteiger partial charge in [0.25, 0.3) is 5.56 Å². The molecule has 1 amide bonds. The number of morpholine rings is 1. The second kappa shape index (κ2) is 7.88. The molecule has 1 N–H and O–H groups in total. The highest BCUT2D eigenvalue weighted by Crippen LogP contribution is 2.17. The Hall–Kier alpha value is -2.06. The van der Waals surface area contributed by atoms with Gasteiger partial charge < -0.3 is 14.6 Å². The summed E-state index contributed by atoms with van der Waals surface area (Å²) < 4.78 is 6.37. The molecule has 1 aliphatic heterocycles. The molecule has 1 saturated heterocycles. The number of rotatable bonds is 5. The van der Waals surface area contributed by atoms with Gasteiger partial charge in [-0.3, -0.25) is 9.59 Å². The third-order valence-electron chi connectivity index (χ3n) is 4.35. The number of hydrogen-bond acceptors (Lipinski definition) is 5. The lowest BCUT2D eigenvalue weighted by Gasteiger charge is -2.30. The van der Waals surface area contributed by atoms with Crippen LogP contribution in [0, 0.1) is 0 Å². The summed E-state index contributed by atoms with van der Waals surface area (Å²) in [4.78, 5) is 42.8. The quantitative estimate of drug-likeness (QED) is 0.851. The zero-order valence-corrected chi connectivity index (χ0v) is 14.9. The van der Waals surface area contributed by atoms with Crippen molar-refractivity contribution in [1.82, 2.24) is 14.5 Å². The van der Waals surface area contributed by atoms with Crippen molar-refractivity contribution in [3.05, 3.63) is 45.1 Å². The molecule has 0 bridgehead atoms. The van der Waals surface area contributed by atoms with Gasteiger partial charge in [0.05, 0.1) is 24.1 Å². The van der Waals surface area contributed by atoms with Crippen LogP contribution in [0.5, 0.6) is 0 Å². The van der Waals surface area contributed by atoms with Crippen LogP contribution in [-0.2, 0) is 9.53 Å². The van der Waals surface area contributed by atoms with Crippen LogP contribution in [0.1, 0.15) is 12.5 Å². The van der Waals surface area contributed by atoms with Crippen molar-refractivity contribution in [3.63, 3.8) is 0 Å². The van der Waals surface area contributed by atoms with Crippen LogP contribution < -0.4 is 11.2 Å². The smallest absolute Gasteiger partial charge is 0.329 e. The van der Waals surface area contributed by atoms with Gasteiger partial charge in [0.1, 0.15) is 6.04 Å². The topological polar surface area (TPSA) is 84.4 Å². The van der Waals surface area contributed by atoms with Gasteiger partial charge in [-0.05, 0) is 30.6 Å². The number of fused-ring (bicyclic) bond motifs is 1. The van der Waals surface area contributed by atoms with Gasteiger partial charge in [-0.25, -0.2) is 9.36 Å². The monoisotopic (exact) mass is 363 g/mol. The molecule has 1 fully saturated rings. The Morgan fingerprint density at radius 2 is 2.00 bits per heavy atom. The number of H-pyrrole nitrogens is 1. The zero-order chi connectivity index (χ0) is 17.8. The van der Waals surface area contributed by atoms with Gasteiger partial charge in [0.15, 0.2) is 0 Å². The molecular weight excluding hydrogens is 342 g/mol. The Balaban J connectivity index is 2.06. The van der Waals surface area contributed by atoms with Crippen LogP contribution in [0.15, 0.2) is 33.9 Å². The highest BCUT2D eigenvalue weighted by atomic mass is 32.2. The summed E-state index contributed by atoms with van der Waals surface area (Å²) in [5.74, 6) is 0.486. The first-order valence-corrected chi connectivity index (χ1v) is 9.62. The Morgan fingerprint density at radius 1 is 1.28 bits per heavy atom. The standard InChI is InChI=1S/C17H21N3O4S/c1-25-11-6-14(16(22)19-7-9-24-10-8-19)20-15(21)12-4-2-3-5-13(12)18-17(20)23/h2-5,14H,6-11H2,1H3,(H,18,23)/t14-/m0/s1. The van der Waals surface area contributed by atoms with Crippen LogP contribution in [0.25, 0.3) is 10.9 Å². The number of carbonyl (C=O) groups excluding carboxylic acids is 1. The Labute approximate surface area is 149 Å². The van der Waals surface area contributed by atoms with E-state index in [1.165, 1.54) is 0 Å². The molecule has 25 heavy (non-hydrogen) atoms. The first-order valence-electron chi connectivity index (χ1n) is 8.22. The third kappa shape index (κ3) is 3.64. The predicted molar refractivity (Wildman–Crippen MR) is 98.3 cm³/mol. The van der Waals surface area contributed by atoms with E-state index >= 15 is 0 Å². The lowest BCUT2D eigenvalue weighted by molar-refractivity contribution is -0.139. The summed E-state index contributed by atoms with van der Waals surface area (Å²) in [6, 6.07) is 6.04. The second-order valence-electron chi connectivity index (χ2n) is 5.89. The maximum atomic E-state index is 13.0. The summed E-state index contributed by atoms with van der Waals surface area (Å²) in [5.41, 5.74) is -0.486. The largest absolute Gasteiger partial charge is 0.378 e. The average Bonchev–Trinajstić information content (AvgIpc) is 2.64. The molecule has 1 aromatic heterocycles. The van der Waals surface area contributed by atoms with Crippen molar-refractivity contribution in [2.45, 2.75) is 12.5 Å². The molecule has 1 aliphatic rings. The van der Waals surface area contributed by atoms with Crippen molar-refractivity contribution in [3.8, 4) is 0 Å². The van der Waals surface area contributed by atoms with E-state index in [0.717, 1.165) is 4.57 Å². The van der Waals surface area contributed by atoms with Crippen LogP contribution in [0.4, 0.5) is 0 Å². The van der Waals surface area contributed by atoms with Crippen molar-refractivity contribution >= 4 is 28.6 Å². The number of carbonyl (C=O) groups is 1. The summed E-state index contributed by atoms with van der Waals surface area (Å²) in [6.07, 6.45) is 2.36. The summed E-state index contributed by atoms with van der Waals surface area (Å²) in [6.45, 7) is 1.91. The first kappa shape index (κ1) is 17.8. The van der Waals surface area contributed by atoms with Crippen molar-refractivity contribution in [2.75, 3.05) is 38.3 Å². The first-order chi connectivity index (χ1) is 12.1. The van der Waals surface area contributed by atoms with Crippen LogP contribution in [0.2, 0.25) is 0 Å². The van der Waals surface area contributed by atoms with Crippen LogP contribution in [-0.4, -0.2) is 58.7 Å². The Morgan fingerprint density at radius 3 is 2.72 bits per heavy atom. The highest BCUT2D eigenvalue weighted by Gasteiger charge is 2.29. The number of hydrogen-bond donors (Lipinski definition) is 1. The average molecular weight is 363 g/mol. The van der Waals surface area contributed by atoms with Gasteiger partial charge in [0.2, 0.25) is 5.91 Å². The van der Waals surface area contributed by atoms with E-state index in [2.05, 4.69) is 4.98 Å². The van der Waals surface area contributed by atoms with Gasteiger partial charge in [0, 0.05) is 13.1 Å². The summed E-state index contributed by atoms with van der Waals surface area (Å²) >= 11 is 1.58. The molecule has 0 saturated carbocycles. The normalized spacial score (nSPS) is 16.1. The molecule has 0 aliphatic carbocycles. The number of nitrogens with one attached hydrogen (secondary N) is 1. The number of nitrogens with zero attached hydrogens (tertiary/aromatic N) is 2. The number of amides is 1. The second-order valence-corrected chi connectivity index (χ2v) is 6.87. The molecule has 3 rings (SSSR count). The van der Waals surface area contributed by atoms with Gasteiger partial charge in [-0.1, -0.05) is 12.1 Å². The molecule has 2 heterocycles. The predicted octanol–water partition coefficient (Wildman–Crippen LogP) is 0.843. The number of ether oxygens (including phenoxy) is 1. The van der Waals surface area contributed by atoms with Gasteiger partial charge in [-0.15, -0.1) is 0 Å². The lowest BCUT2D eigenvalue weighted by atomic mass is 10.1. The van der Waals surface area contributed by atoms with E-state index in [4.69, 9.17) is 4.74 Å². The van der Waals surface area contributed by atoms with E-state index in [0.29, 0.717) is 49.4 Å². The number of aromatic nitrogens is 2. The van der Waals surface area contributed by atoms with Crippen LogP contribution in [0.3, 0.4) is 0 Å². The molecule has 8 heteroatoms. The van der Waals surface area contributed by atoms with E-state index in [1.54, 1.807) is 40.9 Å². The fraction of sp³-hybridized carbons (Fsp3) is 0.471. The van der Waals surface area contributed by atoms with Crippen molar-refractivity contribution in [1.29, 1.82) is 0 Å². The van der Waals surface area contributed by atoms with Crippen LogP contribution >= 0.6 is 11.8 Å². The minimum atomic E-state index is -0.800. The van der Waals surface area contributed by atoms with Crippen molar-refractivity contribution in [2.24, 2.45) is 0 Å². The SMILES string of the molecule is CSCC[C@@H](C(=O)N1CCOCC1)n1c(=O)[nH]c2ccccc2c1=O. The number of benzene rings is 1. The minimum absolute atomic E-state index is 0.194. The molecule has 1 aromatic carbocycles. The minimum Gasteiger partial charge on any atom is -0.378 e. The van der Waals surface area contributed by atoms with E-state index < -0.39 is 17.3 Å². The summed E-state index contributed by atoms with van der Waals surface area (Å²) in [7, 11) is 0. The highest BCUT2D eigenvalue weighted by molar-refractivity contribution is 7.98. The van der Waals surface area contributed by atoms with Crippen molar-refractivity contribution < 1.29 is 9.53 Å². The molecular formula is C17H21N3O4S. The fourth-order valence-corrected chi connectivity index (χ4v) is 3.51. The Bertz CT molecular complexity index is 870. The number of para-hydroxylation sites is 1. The molecule has 7 nitrogen and oxygen atoms in total. The fourth-order valence-electron chi connectivity index (χ4n) is 3.05. The maximum absolute atomic E-state index is 13.0. The van der Waals surface area contributed by atoms with E-state index in [9.17, 15) is 14.4 Å². The molecule has 0 spiro atoms. The molecule has 0 radical (unpaired) electrons. The Kier molecular flexibility index (Phi) is 5.60. The van der Waals surface area contributed by atoms with E-state index in [-0.39, 0.29) is 5.91 Å². The van der Waals surface area contributed by atoms with Gasteiger partial charge >= 0.3 is 5.69 Å². The lowest BCUT2D eigenvalue weighted by Crippen LogP contribution is -2.49. The van der Waals surface area contributed by atoms with E-state index in [1.807, 2.05) is 6.26 Å². The molecule has 2 aromatic rings. The third-order valence-corrected chi connectivity index (χ3v) is 5.00. The molecule has 0 unspecified atom stereocenters. The zero-order valence-electron chi connectivity index (χ0n) is 14.1.